The highest BCUT2D eigenvalue weighted by molar-refractivity contribution is 7.12. The molecular weight excluding hydrogens is 403 g/mol. The van der Waals surface area contributed by atoms with Crippen LogP contribution >= 0.6 is 11.3 Å². The standard InChI is InChI=1S/C23H19FN2O3S/c1-29-19-8-9-20-16(12-19)11-17(22(27)25-20)14-26(23(28)21-3-2-10-30-21)13-15-4-6-18(24)7-5-15/h2-12H,13-14H2,1H3,(H,25,27). The zero-order chi connectivity index (χ0) is 21.1. The summed E-state index contributed by atoms with van der Waals surface area (Å²) in [6, 6.07) is 16.7. The van der Waals surface area contributed by atoms with E-state index in [0.29, 0.717) is 21.7 Å². The smallest absolute Gasteiger partial charge is 0.264 e. The molecule has 0 spiro atoms. The predicted molar refractivity (Wildman–Crippen MR) is 115 cm³/mol. The highest BCUT2D eigenvalue weighted by atomic mass is 32.1. The van der Waals surface area contributed by atoms with Gasteiger partial charge in [0.05, 0.1) is 18.5 Å². The third-order valence-electron chi connectivity index (χ3n) is 4.80. The van der Waals surface area contributed by atoms with Crippen molar-refractivity contribution < 1.29 is 13.9 Å². The molecule has 0 saturated heterocycles. The Kier molecular flexibility index (Phi) is 5.63. The molecule has 0 unspecified atom stereocenters. The first kappa shape index (κ1) is 19.8. The monoisotopic (exact) mass is 422 g/mol. The van der Waals surface area contributed by atoms with E-state index in [1.807, 2.05) is 17.5 Å². The SMILES string of the molecule is COc1ccc2[nH]c(=O)c(CN(Cc3ccc(F)cc3)C(=O)c3cccs3)cc2c1. The summed E-state index contributed by atoms with van der Waals surface area (Å²) in [6.07, 6.45) is 0. The van der Waals surface area contributed by atoms with Gasteiger partial charge in [0.15, 0.2) is 0 Å². The minimum Gasteiger partial charge on any atom is -0.497 e. The van der Waals surface area contributed by atoms with Crippen molar-refractivity contribution in [3.8, 4) is 5.75 Å². The Hall–Kier alpha value is -3.45. The second-order valence-corrected chi connectivity index (χ2v) is 7.79. The van der Waals surface area contributed by atoms with Crippen LogP contribution < -0.4 is 10.3 Å². The van der Waals surface area contributed by atoms with Gasteiger partial charge in [-0.05, 0) is 53.4 Å². The molecule has 0 atom stereocenters. The molecule has 152 valence electrons. The second-order valence-electron chi connectivity index (χ2n) is 6.84. The summed E-state index contributed by atoms with van der Waals surface area (Å²) in [4.78, 5) is 30.8. The summed E-state index contributed by atoms with van der Waals surface area (Å²) in [5, 5.41) is 2.65. The number of hydrogen-bond acceptors (Lipinski definition) is 4. The van der Waals surface area contributed by atoms with Crippen LogP contribution in [-0.2, 0) is 13.1 Å². The zero-order valence-electron chi connectivity index (χ0n) is 16.2. The van der Waals surface area contributed by atoms with Gasteiger partial charge >= 0.3 is 0 Å². The number of pyridine rings is 1. The average Bonchev–Trinajstić information content (AvgIpc) is 3.29. The summed E-state index contributed by atoms with van der Waals surface area (Å²) in [7, 11) is 1.58. The van der Waals surface area contributed by atoms with E-state index in [1.54, 1.807) is 48.4 Å². The first-order chi connectivity index (χ1) is 14.5. The average molecular weight is 422 g/mol. The summed E-state index contributed by atoms with van der Waals surface area (Å²) in [5.41, 5.74) is 1.68. The second kappa shape index (κ2) is 8.51. The molecule has 2 heterocycles. The molecule has 30 heavy (non-hydrogen) atoms. The lowest BCUT2D eigenvalue weighted by molar-refractivity contribution is 0.0734. The minimum atomic E-state index is -0.338. The summed E-state index contributed by atoms with van der Waals surface area (Å²) < 4.78 is 18.5. The fraction of sp³-hybridized carbons (Fsp3) is 0.130. The third-order valence-corrected chi connectivity index (χ3v) is 5.65. The normalized spacial score (nSPS) is 10.9. The van der Waals surface area contributed by atoms with Gasteiger partial charge in [-0.15, -0.1) is 11.3 Å². The molecule has 2 aromatic heterocycles. The van der Waals surface area contributed by atoms with E-state index in [1.165, 1.54) is 23.5 Å². The number of benzene rings is 2. The number of amides is 1. The van der Waals surface area contributed by atoms with Crippen LogP contribution in [0.2, 0.25) is 0 Å². The molecule has 1 amide bonds. The van der Waals surface area contributed by atoms with Gasteiger partial charge in [-0.3, -0.25) is 9.59 Å². The van der Waals surface area contributed by atoms with E-state index in [0.717, 1.165) is 10.9 Å². The number of thiophene rings is 1. The molecule has 4 aromatic rings. The Bertz CT molecular complexity index is 1230. The third kappa shape index (κ3) is 4.26. The van der Waals surface area contributed by atoms with Gasteiger partial charge in [0.1, 0.15) is 11.6 Å². The maximum atomic E-state index is 13.3. The van der Waals surface area contributed by atoms with E-state index in [9.17, 15) is 14.0 Å². The number of aromatic nitrogens is 1. The number of nitrogens with one attached hydrogen (secondary N) is 1. The van der Waals surface area contributed by atoms with Crippen LogP contribution in [0.1, 0.15) is 20.8 Å². The lowest BCUT2D eigenvalue weighted by Gasteiger charge is -2.22. The number of carbonyl (C=O) groups excluding carboxylic acids is 1. The Morgan fingerprint density at radius 2 is 1.90 bits per heavy atom. The lowest BCUT2D eigenvalue weighted by atomic mass is 10.1. The van der Waals surface area contributed by atoms with E-state index >= 15 is 0 Å². The van der Waals surface area contributed by atoms with Crippen LogP contribution in [0.15, 0.2) is 70.8 Å². The fourth-order valence-electron chi connectivity index (χ4n) is 3.25. The van der Waals surface area contributed by atoms with E-state index in [-0.39, 0.29) is 30.4 Å². The Morgan fingerprint density at radius 1 is 1.10 bits per heavy atom. The number of hydrogen-bond donors (Lipinski definition) is 1. The molecule has 0 aliphatic carbocycles. The summed E-state index contributed by atoms with van der Waals surface area (Å²) in [6.45, 7) is 0.378. The molecular formula is C23H19FN2O3S. The molecule has 0 fully saturated rings. The molecule has 1 N–H and O–H groups in total. The van der Waals surface area contributed by atoms with Gasteiger partial charge < -0.3 is 14.6 Å². The lowest BCUT2D eigenvalue weighted by Crippen LogP contribution is -2.32. The number of fused-ring (bicyclic) bond motifs is 1. The van der Waals surface area contributed by atoms with Crippen molar-refractivity contribution in [2.24, 2.45) is 0 Å². The van der Waals surface area contributed by atoms with Crippen LogP contribution in [0.5, 0.6) is 5.75 Å². The minimum absolute atomic E-state index is 0.122. The van der Waals surface area contributed by atoms with Crippen molar-refractivity contribution in [2.75, 3.05) is 7.11 Å². The van der Waals surface area contributed by atoms with Crippen LogP contribution in [-0.4, -0.2) is 22.9 Å². The van der Waals surface area contributed by atoms with Crippen LogP contribution in [0.3, 0.4) is 0 Å². The Balaban J connectivity index is 1.70. The van der Waals surface area contributed by atoms with E-state index < -0.39 is 0 Å². The quantitative estimate of drug-likeness (QED) is 0.495. The number of ether oxygens (including phenoxy) is 1. The molecule has 0 saturated carbocycles. The van der Waals surface area contributed by atoms with Crippen molar-refractivity contribution in [3.63, 3.8) is 0 Å². The summed E-state index contributed by atoms with van der Waals surface area (Å²) >= 11 is 1.34. The largest absolute Gasteiger partial charge is 0.497 e. The maximum Gasteiger partial charge on any atom is 0.264 e. The van der Waals surface area contributed by atoms with Crippen molar-refractivity contribution >= 4 is 28.1 Å². The molecule has 0 bridgehead atoms. The van der Waals surface area contributed by atoms with Crippen LogP contribution in [0.25, 0.3) is 10.9 Å². The van der Waals surface area contributed by atoms with Gasteiger partial charge in [0.25, 0.3) is 11.5 Å². The molecule has 0 radical (unpaired) electrons. The Labute approximate surface area is 176 Å². The van der Waals surface area contributed by atoms with Crippen LogP contribution in [0.4, 0.5) is 4.39 Å². The topological polar surface area (TPSA) is 62.4 Å². The number of carbonyl (C=O) groups is 1. The van der Waals surface area contributed by atoms with Crippen molar-refractivity contribution in [1.82, 2.24) is 9.88 Å². The Morgan fingerprint density at radius 3 is 2.60 bits per heavy atom. The molecule has 0 aliphatic heterocycles. The molecule has 2 aromatic carbocycles. The number of aromatic amines is 1. The number of halogens is 1. The van der Waals surface area contributed by atoms with Gasteiger partial charge in [-0.1, -0.05) is 18.2 Å². The fourth-order valence-corrected chi connectivity index (χ4v) is 3.94. The van der Waals surface area contributed by atoms with E-state index in [4.69, 9.17) is 4.74 Å². The highest BCUT2D eigenvalue weighted by Crippen LogP contribution is 2.21. The van der Waals surface area contributed by atoms with Gasteiger partial charge in [0.2, 0.25) is 0 Å². The maximum absolute atomic E-state index is 13.3. The van der Waals surface area contributed by atoms with E-state index in [2.05, 4.69) is 4.98 Å². The highest BCUT2D eigenvalue weighted by Gasteiger charge is 2.19. The predicted octanol–water partition coefficient (Wildman–Crippen LogP) is 4.58. The van der Waals surface area contributed by atoms with Crippen molar-refractivity contribution in [3.05, 3.63) is 98.2 Å². The molecule has 4 rings (SSSR count). The molecule has 0 aliphatic rings. The number of H-pyrrole nitrogens is 1. The van der Waals surface area contributed by atoms with Crippen molar-refractivity contribution in [1.29, 1.82) is 0 Å². The van der Waals surface area contributed by atoms with Crippen LogP contribution in [0, 0.1) is 5.82 Å². The number of methoxy groups -OCH3 is 1. The summed E-state index contributed by atoms with van der Waals surface area (Å²) in [5.74, 6) is 0.160. The van der Waals surface area contributed by atoms with Gasteiger partial charge in [0, 0.05) is 23.0 Å². The first-order valence-corrected chi connectivity index (χ1v) is 10.2. The van der Waals surface area contributed by atoms with Gasteiger partial charge in [-0.25, -0.2) is 4.39 Å². The first-order valence-electron chi connectivity index (χ1n) is 9.30. The molecule has 5 nitrogen and oxygen atoms in total. The number of nitrogens with zero attached hydrogens (tertiary/aromatic N) is 1. The number of rotatable bonds is 6. The van der Waals surface area contributed by atoms with Crippen molar-refractivity contribution in [2.45, 2.75) is 13.1 Å². The molecule has 7 heteroatoms. The zero-order valence-corrected chi connectivity index (χ0v) is 17.0. The van der Waals surface area contributed by atoms with Gasteiger partial charge in [-0.2, -0.15) is 0 Å².